The maximum Gasteiger partial charge on any atom is 0.250 e. The van der Waals surface area contributed by atoms with Crippen molar-refractivity contribution in [1.82, 2.24) is 4.98 Å². The van der Waals surface area contributed by atoms with Crippen molar-refractivity contribution in [2.45, 2.75) is 19.8 Å². The van der Waals surface area contributed by atoms with E-state index in [9.17, 15) is 4.79 Å². The van der Waals surface area contributed by atoms with E-state index in [2.05, 4.69) is 41.5 Å². The number of anilines is 1. The fourth-order valence-corrected chi connectivity index (χ4v) is 3.45. The van der Waals surface area contributed by atoms with Crippen molar-refractivity contribution >= 4 is 40.1 Å². The molecule has 3 aromatic rings. The Bertz CT molecular complexity index is 916. The standard InChI is InChI=1S/C21H19ClN2OS/c1-2-4-15-7-10-17(11-8-15)19-14-26-21(23-19)24-20(25)12-9-16-5-3-6-18(22)13-16/h3,5-14H,2,4H2,1H3,(H,23,24,25). The number of carbonyl (C=O) groups is 1. The maximum atomic E-state index is 12.1. The Morgan fingerprint density at radius 1 is 1.23 bits per heavy atom. The highest BCUT2D eigenvalue weighted by atomic mass is 35.5. The highest BCUT2D eigenvalue weighted by Gasteiger charge is 2.06. The van der Waals surface area contributed by atoms with Gasteiger partial charge in [-0.25, -0.2) is 4.98 Å². The number of benzene rings is 2. The number of nitrogens with zero attached hydrogens (tertiary/aromatic N) is 1. The number of carbonyl (C=O) groups excluding carboxylic acids is 1. The lowest BCUT2D eigenvalue weighted by Crippen LogP contribution is -2.07. The van der Waals surface area contributed by atoms with Crippen LogP contribution in [0, 0.1) is 0 Å². The summed E-state index contributed by atoms with van der Waals surface area (Å²) in [5.74, 6) is -0.218. The molecule has 3 rings (SSSR count). The summed E-state index contributed by atoms with van der Waals surface area (Å²) in [7, 11) is 0. The molecule has 26 heavy (non-hydrogen) atoms. The van der Waals surface area contributed by atoms with Crippen LogP contribution in [0.25, 0.3) is 17.3 Å². The molecule has 132 valence electrons. The molecular weight excluding hydrogens is 364 g/mol. The minimum atomic E-state index is -0.218. The van der Waals surface area contributed by atoms with Crippen molar-refractivity contribution in [1.29, 1.82) is 0 Å². The van der Waals surface area contributed by atoms with E-state index in [4.69, 9.17) is 11.6 Å². The monoisotopic (exact) mass is 382 g/mol. The van der Waals surface area contributed by atoms with Gasteiger partial charge < -0.3 is 0 Å². The van der Waals surface area contributed by atoms with Gasteiger partial charge in [0.15, 0.2) is 5.13 Å². The molecule has 0 unspecified atom stereocenters. The van der Waals surface area contributed by atoms with Gasteiger partial charge >= 0.3 is 0 Å². The van der Waals surface area contributed by atoms with Crippen LogP contribution in [0.4, 0.5) is 5.13 Å². The van der Waals surface area contributed by atoms with Crippen LogP contribution >= 0.6 is 22.9 Å². The Labute approximate surface area is 162 Å². The van der Waals surface area contributed by atoms with Crippen molar-refractivity contribution in [3.05, 3.63) is 76.1 Å². The predicted octanol–water partition coefficient (Wildman–Crippen LogP) is 6.07. The molecule has 0 atom stereocenters. The summed E-state index contributed by atoms with van der Waals surface area (Å²) in [5, 5.41) is 5.97. The quantitative estimate of drug-likeness (QED) is 0.526. The van der Waals surface area contributed by atoms with Gasteiger partial charge in [0.05, 0.1) is 5.69 Å². The van der Waals surface area contributed by atoms with Crippen LogP contribution in [-0.4, -0.2) is 10.9 Å². The molecule has 5 heteroatoms. The van der Waals surface area contributed by atoms with Crippen LogP contribution in [0.3, 0.4) is 0 Å². The average molecular weight is 383 g/mol. The fraction of sp³-hybridized carbons (Fsp3) is 0.143. The third-order valence-electron chi connectivity index (χ3n) is 3.80. The molecule has 2 aromatic carbocycles. The molecule has 0 spiro atoms. The van der Waals surface area contributed by atoms with E-state index in [1.54, 1.807) is 18.2 Å². The molecule has 1 heterocycles. The second kappa shape index (κ2) is 8.79. The topological polar surface area (TPSA) is 42.0 Å². The lowest BCUT2D eigenvalue weighted by Gasteiger charge is -2.01. The van der Waals surface area contributed by atoms with Crippen LogP contribution in [-0.2, 0) is 11.2 Å². The molecule has 0 saturated heterocycles. The van der Waals surface area contributed by atoms with Gasteiger partial charge in [0.2, 0.25) is 5.91 Å². The predicted molar refractivity (Wildman–Crippen MR) is 111 cm³/mol. The van der Waals surface area contributed by atoms with E-state index in [1.807, 2.05) is 17.5 Å². The zero-order chi connectivity index (χ0) is 18.4. The summed E-state index contributed by atoms with van der Waals surface area (Å²) >= 11 is 7.35. The number of hydrogen-bond acceptors (Lipinski definition) is 3. The normalized spacial score (nSPS) is 11.0. The Hall–Kier alpha value is -2.43. The third kappa shape index (κ3) is 5.04. The number of thiazole rings is 1. The van der Waals surface area contributed by atoms with E-state index in [-0.39, 0.29) is 5.91 Å². The number of halogens is 1. The maximum absolute atomic E-state index is 12.1. The van der Waals surface area contributed by atoms with Crippen LogP contribution < -0.4 is 5.32 Å². The molecule has 3 nitrogen and oxygen atoms in total. The zero-order valence-electron chi connectivity index (χ0n) is 14.4. The largest absolute Gasteiger partial charge is 0.298 e. The first-order valence-corrected chi connectivity index (χ1v) is 9.69. The molecule has 1 amide bonds. The van der Waals surface area contributed by atoms with Gasteiger partial charge in [0, 0.05) is 22.0 Å². The molecule has 1 aromatic heterocycles. The number of rotatable bonds is 6. The molecule has 0 saturated carbocycles. The molecule has 0 fully saturated rings. The van der Waals surface area contributed by atoms with Gasteiger partial charge in [-0.05, 0) is 35.8 Å². The highest BCUT2D eigenvalue weighted by Crippen LogP contribution is 2.25. The molecule has 0 bridgehead atoms. The van der Waals surface area contributed by atoms with E-state index >= 15 is 0 Å². The van der Waals surface area contributed by atoms with Gasteiger partial charge in [-0.15, -0.1) is 11.3 Å². The van der Waals surface area contributed by atoms with Gasteiger partial charge in [-0.2, -0.15) is 0 Å². The molecule has 1 N–H and O–H groups in total. The first-order valence-electron chi connectivity index (χ1n) is 8.43. The highest BCUT2D eigenvalue weighted by molar-refractivity contribution is 7.14. The number of nitrogens with one attached hydrogen (secondary N) is 1. The molecule has 0 aliphatic rings. The summed E-state index contributed by atoms with van der Waals surface area (Å²) in [5.41, 5.74) is 4.12. The van der Waals surface area contributed by atoms with Crippen LogP contribution in [0.15, 0.2) is 60.0 Å². The van der Waals surface area contributed by atoms with E-state index in [1.165, 1.54) is 23.0 Å². The van der Waals surface area contributed by atoms with Crippen molar-refractivity contribution in [2.24, 2.45) is 0 Å². The van der Waals surface area contributed by atoms with Crippen molar-refractivity contribution in [2.75, 3.05) is 5.32 Å². The number of amides is 1. The summed E-state index contributed by atoms with van der Waals surface area (Å²) in [6, 6.07) is 15.7. The van der Waals surface area contributed by atoms with Crippen molar-refractivity contribution in [3.8, 4) is 11.3 Å². The average Bonchev–Trinajstić information content (AvgIpc) is 3.09. The lowest BCUT2D eigenvalue weighted by molar-refractivity contribution is -0.111. The van der Waals surface area contributed by atoms with Gasteiger partial charge in [-0.3, -0.25) is 10.1 Å². The van der Waals surface area contributed by atoms with E-state index in [0.29, 0.717) is 10.2 Å². The second-order valence-electron chi connectivity index (χ2n) is 5.86. The Balaban J connectivity index is 1.63. The van der Waals surface area contributed by atoms with Gasteiger partial charge in [-0.1, -0.05) is 61.3 Å². The Morgan fingerprint density at radius 3 is 2.77 bits per heavy atom. The third-order valence-corrected chi connectivity index (χ3v) is 4.79. The smallest absolute Gasteiger partial charge is 0.250 e. The first kappa shape index (κ1) is 18.4. The first-order chi connectivity index (χ1) is 12.6. The molecule has 0 aliphatic heterocycles. The number of aryl methyl sites for hydroxylation is 1. The molecule has 0 aliphatic carbocycles. The minimum Gasteiger partial charge on any atom is -0.298 e. The van der Waals surface area contributed by atoms with Gasteiger partial charge in [0.25, 0.3) is 0 Å². The van der Waals surface area contributed by atoms with Crippen molar-refractivity contribution < 1.29 is 4.79 Å². The van der Waals surface area contributed by atoms with E-state index in [0.717, 1.165) is 29.7 Å². The summed E-state index contributed by atoms with van der Waals surface area (Å²) in [4.78, 5) is 16.6. The molecular formula is C21H19ClN2OS. The Morgan fingerprint density at radius 2 is 2.04 bits per heavy atom. The summed E-state index contributed by atoms with van der Waals surface area (Å²) < 4.78 is 0. The SMILES string of the molecule is CCCc1ccc(-c2csc(NC(=O)C=Cc3cccc(Cl)c3)n2)cc1. The van der Waals surface area contributed by atoms with Gasteiger partial charge in [0.1, 0.15) is 0 Å². The summed E-state index contributed by atoms with van der Waals surface area (Å²) in [6.07, 6.45) is 5.42. The number of aromatic nitrogens is 1. The van der Waals surface area contributed by atoms with Crippen LogP contribution in [0.1, 0.15) is 24.5 Å². The molecule has 0 radical (unpaired) electrons. The Kier molecular flexibility index (Phi) is 6.21. The van der Waals surface area contributed by atoms with Crippen molar-refractivity contribution in [3.63, 3.8) is 0 Å². The summed E-state index contributed by atoms with van der Waals surface area (Å²) in [6.45, 7) is 2.17. The second-order valence-corrected chi connectivity index (χ2v) is 7.16. The zero-order valence-corrected chi connectivity index (χ0v) is 16.0. The van der Waals surface area contributed by atoms with Crippen LogP contribution in [0.2, 0.25) is 5.02 Å². The fourth-order valence-electron chi connectivity index (χ4n) is 2.52. The van der Waals surface area contributed by atoms with E-state index < -0.39 is 0 Å². The lowest BCUT2D eigenvalue weighted by atomic mass is 10.1. The minimum absolute atomic E-state index is 0.218. The number of hydrogen-bond donors (Lipinski definition) is 1. The van der Waals surface area contributed by atoms with Crippen LogP contribution in [0.5, 0.6) is 0 Å².